The Morgan fingerprint density at radius 3 is 2.93 bits per heavy atom. The lowest BCUT2D eigenvalue weighted by atomic mass is 10.3. The van der Waals surface area contributed by atoms with Gasteiger partial charge in [0.05, 0.1) is 18.9 Å². The van der Waals surface area contributed by atoms with Gasteiger partial charge < -0.3 is 9.47 Å². The number of esters is 1. The van der Waals surface area contributed by atoms with E-state index in [-0.39, 0.29) is 5.97 Å². The minimum Gasteiger partial charge on any atom is -0.494 e. The van der Waals surface area contributed by atoms with Gasteiger partial charge in [-0.1, -0.05) is 0 Å². The number of hydrogen-bond acceptors (Lipinski definition) is 5. The highest BCUT2D eigenvalue weighted by Crippen LogP contribution is 2.37. The number of methoxy groups -OCH3 is 2. The molecule has 4 nitrogen and oxygen atoms in total. The lowest BCUT2D eigenvalue weighted by Crippen LogP contribution is -2.00. The monoisotopic (exact) mass is 223 g/mol. The molecule has 0 fully saturated rings. The van der Waals surface area contributed by atoms with E-state index in [4.69, 9.17) is 4.74 Å². The van der Waals surface area contributed by atoms with Crippen molar-refractivity contribution in [2.75, 3.05) is 14.2 Å². The Morgan fingerprint density at radius 2 is 2.27 bits per heavy atom. The average Bonchev–Trinajstić information content (AvgIpc) is 2.66. The first kappa shape index (κ1) is 9.92. The molecule has 0 unspecified atom stereocenters. The molecule has 0 N–H and O–H groups in total. The van der Waals surface area contributed by atoms with Gasteiger partial charge in [-0.15, -0.1) is 11.3 Å². The Bertz CT molecular complexity index is 506. The summed E-state index contributed by atoms with van der Waals surface area (Å²) in [6.45, 7) is 0. The molecule has 5 heteroatoms. The SMILES string of the molecule is COC(=O)c1sc2cnccc2c1OC. The highest BCUT2D eigenvalue weighted by Gasteiger charge is 2.19. The number of rotatable bonds is 2. The molecular formula is C10H9NO3S. The lowest BCUT2D eigenvalue weighted by molar-refractivity contribution is 0.0603. The molecule has 0 aliphatic rings. The van der Waals surface area contributed by atoms with Crippen LogP contribution in [0.1, 0.15) is 9.67 Å². The van der Waals surface area contributed by atoms with Crippen LogP contribution in [0.3, 0.4) is 0 Å². The van der Waals surface area contributed by atoms with Crippen LogP contribution in [-0.2, 0) is 4.74 Å². The van der Waals surface area contributed by atoms with E-state index in [0.717, 1.165) is 10.1 Å². The fourth-order valence-electron chi connectivity index (χ4n) is 1.36. The maximum Gasteiger partial charge on any atom is 0.351 e. The molecular weight excluding hydrogens is 214 g/mol. The van der Waals surface area contributed by atoms with Crippen molar-refractivity contribution < 1.29 is 14.3 Å². The molecule has 0 saturated carbocycles. The van der Waals surface area contributed by atoms with Crippen LogP contribution >= 0.6 is 11.3 Å². The molecule has 2 aromatic rings. The quantitative estimate of drug-likeness (QED) is 0.731. The molecule has 0 radical (unpaired) electrons. The van der Waals surface area contributed by atoms with Crippen molar-refractivity contribution in [2.24, 2.45) is 0 Å². The number of thiophene rings is 1. The highest BCUT2D eigenvalue weighted by atomic mass is 32.1. The number of pyridine rings is 1. The second kappa shape index (κ2) is 3.86. The van der Waals surface area contributed by atoms with Gasteiger partial charge in [0.15, 0.2) is 10.6 Å². The molecule has 2 rings (SSSR count). The maximum absolute atomic E-state index is 11.5. The summed E-state index contributed by atoms with van der Waals surface area (Å²) < 4.78 is 10.8. The van der Waals surface area contributed by atoms with Gasteiger partial charge in [0.25, 0.3) is 0 Å². The molecule has 0 aromatic carbocycles. The highest BCUT2D eigenvalue weighted by molar-refractivity contribution is 7.21. The van der Waals surface area contributed by atoms with Crippen molar-refractivity contribution in [3.05, 3.63) is 23.3 Å². The smallest absolute Gasteiger partial charge is 0.351 e. The van der Waals surface area contributed by atoms with Crippen LogP contribution in [0.2, 0.25) is 0 Å². The van der Waals surface area contributed by atoms with Crippen LogP contribution < -0.4 is 4.74 Å². The van der Waals surface area contributed by atoms with Crippen LogP contribution in [0, 0.1) is 0 Å². The summed E-state index contributed by atoms with van der Waals surface area (Å²) >= 11 is 1.32. The molecule has 15 heavy (non-hydrogen) atoms. The van der Waals surface area contributed by atoms with Gasteiger partial charge in [-0.3, -0.25) is 4.98 Å². The molecule has 0 atom stereocenters. The van der Waals surface area contributed by atoms with E-state index < -0.39 is 0 Å². The normalized spacial score (nSPS) is 10.3. The first-order valence-corrected chi connectivity index (χ1v) is 5.08. The minimum atomic E-state index is -0.381. The Balaban J connectivity index is 2.69. The van der Waals surface area contributed by atoms with E-state index in [2.05, 4.69) is 9.72 Å². The summed E-state index contributed by atoms with van der Waals surface area (Å²) in [7, 11) is 2.89. The number of carbonyl (C=O) groups excluding carboxylic acids is 1. The summed E-state index contributed by atoms with van der Waals surface area (Å²) in [5.74, 6) is 0.178. The third kappa shape index (κ3) is 1.55. The summed E-state index contributed by atoms with van der Waals surface area (Å²) in [5, 5.41) is 0.887. The molecule has 0 aliphatic heterocycles. The van der Waals surface area contributed by atoms with Crippen molar-refractivity contribution in [2.45, 2.75) is 0 Å². The largest absolute Gasteiger partial charge is 0.494 e. The van der Waals surface area contributed by atoms with Crippen molar-refractivity contribution in [3.63, 3.8) is 0 Å². The first-order chi connectivity index (χ1) is 7.27. The molecule has 2 aromatic heterocycles. The van der Waals surface area contributed by atoms with E-state index in [1.54, 1.807) is 12.4 Å². The van der Waals surface area contributed by atoms with Gasteiger partial charge in [0, 0.05) is 17.8 Å². The number of carbonyl (C=O) groups is 1. The number of aromatic nitrogens is 1. The minimum absolute atomic E-state index is 0.381. The number of fused-ring (bicyclic) bond motifs is 1. The second-order valence-electron chi connectivity index (χ2n) is 2.83. The van der Waals surface area contributed by atoms with Crippen LogP contribution in [-0.4, -0.2) is 25.2 Å². The predicted octanol–water partition coefficient (Wildman–Crippen LogP) is 2.09. The Hall–Kier alpha value is -1.62. The van der Waals surface area contributed by atoms with Gasteiger partial charge >= 0.3 is 5.97 Å². The standard InChI is InChI=1S/C10H9NO3S/c1-13-8-6-3-4-11-5-7(6)15-9(8)10(12)14-2/h3-5H,1-2H3. The third-order valence-electron chi connectivity index (χ3n) is 2.02. The van der Waals surface area contributed by atoms with Gasteiger partial charge in [-0.25, -0.2) is 4.79 Å². The third-order valence-corrected chi connectivity index (χ3v) is 3.12. The first-order valence-electron chi connectivity index (χ1n) is 4.26. The van der Waals surface area contributed by atoms with Crippen LogP contribution in [0.5, 0.6) is 5.75 Å². The zero-order valence-corrected chi connectivity index (χ0v) is 9.13. The Labute approximate surface area is 90.5 Å². The molecule has 0 amide bonds. The molecule has 0 aliphatic carbocycles. The van der Waals surface area contributed by atoms with Gasteiger partial charge in [-0.05, 0) is 6.07 Å². The number of ether oxygens (including phenoxy) is 2. The van der Waals surface area contributed by atoms with Crippen LogP contribution in [0.15, 0.2) is 18.5 Å². The fourth-order valence-corrected chi connectivity index (χ4v) is 2.41. The summed E-state index contributed by atoms with van der Waals surface area (Å²) in [5.41, 5.74) is 0. The Morgan fingerprint density at radius 1 is 1.47 bits per heavy atom. The maximum atomic E-state index is 11.5. The van der Waals surface area contributed by atoms with Crippen molar-refractivity contribution >= 4 is 27.4 Å². The number of hydrogen-bond donors (Lipinski definition) is 0. The predicted molar refractivity (Wildman–Crippen MR) is 57.5 cm³/mol. The molecule has 78 valence electrons. The summed E-state index contributed by atoms with van der Waals surface area (Å²) in [6.07, 6.45) is 3.37. The average molecular weight is 223 g/mol. The van der Waals surface area contributed by atoms with Gasteiger partial charge in [0.1, 0.15) is 0 Å². The zero-order valence-electron chi connectivity index (χ0n) is 8.31. The van der Waals surface area contributed by atoms with E-state index in [9.17, 15) is 4.79 Å². The van der Waals surface area contributed by atoms with E-state index in [1.165, 1.54) is 25.6 Å². The number of nitrogens with zero attached hydrogens (tertiary/aromatic N) is 1. The Kier molecular flexibility index (Phi) is 2.55. The molecule has 2 heterocycles. The van der Waals surface area contributed by atoms with Crippen molar-refractivity contribution in [1.29, 1.82) is 0 Å². The fraction of sp³-hybridized carbons (Fsp3) is 0.200. The van der Waals surface area contributed by atoms with Gasteiger partial charge in [-0.2, -0.15) is 0 Å². The van der Waals surface area contributed by atoms with Gasteiger partial charge in [0.2, 0.25) is 0 Å². The van der Waals surface area contributed by atoms with E-state index >= 15 is 0 Å². The lowest BCUT2D eigenvalue weighted by Gasteiger charge is -2.00. The second-order valence-corrected chi connectivity index (χ2v) is 3.88. The summed E-state index contributed by atoms with van der Waals surface area (Å²) in [4.78, 5) is 15.9. The summed E-state index contributed by atoms with van der Waals surface area (Å²) in [6, 6.07) is 1.82. The molecule has 0 bridgehead atoms. The van der Waals surface area contributed by atoms with Crippen molar-refractivity contribution in [1.82, 2.24) is 4.98 Å². The van der Waals surface area contributed by atoms with E-state index in [0.29, 0.717) is 10.6 Å². The van der Waals surface area contributed by atoms with E-state index in [1.807, 2.05) is 6.07 Å². The zero-order chi connectivity index (χ0) is 10.8. The van der Waals surface area contributed by atoms with Crippen molar-refractivity contribution in [3.8, 4) is 5.75 Å². The van der Waals surface area contributed by atoms with Crippen LogP contribution in [0.25, 0.3) is 10.1 Å². The molecule has 0 spiro atoms. The molecule has 0 saturated heterocycles. The van der Waals surface area contributed by atoms with Crippen LogP contribution in [0.4, 0.5) is 0 Å². The topological polar surface area (TPSA) is 48.4 Å².